The second kappa shape index (κ2) is 5.73. The van der Waals surface area contributed by atoms with Gasteiger partial charge in [-0.3, -0.25) is 9.10 Å². The molecule has 1 aliphatic heterocycles. The Hall–Kier alpha value is -2.08. The van der Waals surface area contributed by atoms with Crippen molar-refractivity contribution in [3.05, 3.63) is 53.9 Å². The van der Waals surface area contributed by atoms with Crippen molar-refractivity contribution in [1.29, 1.82) is 0 Å². The van der Waals surface area contributed by atoms with Crippen LogP contribution in [-0.4, -0.2) is 24.7 Å². The quantitative estimate of drug-likeness (QED) is 0.804. The van der Waals surface area contributed by atoms with Gasteiger partial charge in [-0.15, -0.1) is 0 Å². The van der Waals surface area contributed by atoms with E-state index in [0.717, 1.165) is 5.56 Å². The molecule has 112 valence electrons. The number of allylic oxidation sites excluding steroid dienone is 1. The van der Waals surface area contributed by atoms with Crippen LogP contribution in [0.3, 0.4) is 0 Å². The molecule has 1 unspecified atom stereocenters. The van der Waals surface area contributed by atoms with E-state index in [2.05, 4.69) is 0 Å². The molecule has 21 heavy (non-hydrogen) atoms. The molecule has 0 saturated heterocycles. The summed E-state index contributed by atoms with van der Waals surface area (Å²) in [6.07, 6.45) is 4.60. The highest BCUT2D eigenvalue weighted by Gasteiger charge is 2.28. The summed E-state index contributed by atoms with van der Waals surface area (Å²) in [6.45, 7) is 4.91. The molecule has 0 amide bonds. The van der Waals surface area contributed by atoms with Gasteiger partial charge in [-0.1, -0.05) is 23.8 Å². The number of hydrogen-bond acceptors (Lipinski definition) is 4. The van der Waals surface area contributed by atoms with E-state index >= 15 is 0 Å². The van der Waals surface area contributed by atoms with Crippen LogP contribution in [0, 0.1) is 6.92 Å². The Morgan fingerprint density at radius 2 is 1.86 bits per heavy atom. The Bertz CT molecular complexity index is 702. The number of benzene rings is 1. The molecule has 0 radical (unpaired) electrons. The highest BCUT2D eigenvalue weighted by molar-refractivity contribution is 7.89. The summed E-state index contributed by atoms with van der Waals surface area (Å²) >= 11 is 0. The molecule has 1 aliphatic rings. The van der Waals surface area contributed by atoms with Crippen molar-refractivity contribution in [2.75, 3.05) is 0 Å². The third-order valence-corrected chi connectivity index (χ3v) is 4.91. The fraction of sp³-hybridized carbons (Fsp3) is 0.267. The number of carbonyl (C=O) groups excluding carboxylic acids is 1. The lowest BCUT2D eigenvalue weighted by atomic mass is 10.2. The first kappa shape index (κ1) is 15.3. The summed E-state index contributed by atoms with van der Waals surface area (Å²) in [5.74, 6) is -0.288. The minimum atomic E-state index is -3.68. The molecule has 5 nitrogen and oxygen atoms in total. The molecule has 0 aromatic heterocycles. The van der Waals surface area contributed by atoms with E-state index in [1.54, 1.807) is 43.3 Å². The van der Waals surface area contributed by atoms with Gasteiger partial charge in [0, 0.05) is 6.92 Å². The minimum Gasteiger partial charge on any atom is -0.425 e. The maximum Gasteiger partial charge on any atom is 0.308 e. The van der Waals surface area contributed by atoms with Crippen LogP contribution >= 0.6 is 0 Å². The molecule has 1 atom stereocenters. The van der Waals surface area contributed by atoms with Gasteiger partial charge in [0.1, 0.15) is 5.76 Å². The zero-order chi connectivity index (χ0) is 15.6. The second-order valence-electron chi connectivity index (χ2n) is 4.87. The lowest BCUT2D eigenvalue weighted by molar-refractivity contribution is -0.136. The summed E-state index contributed by atoms with van der Waals surface area (Å²) in [7, 11) is -3.68. The maximum atomic E-state index is 12.6. The van der Waals surface area contributed by atoms with Gasteiger partial charge in [0.15, 0.2) is 0 Å². The summed E-state index contributed by atoms with van der Waals surface area (Å²) in [5.41, 5.74) is 0.983. The first-order valence-electron chi connectivity index (χ1n) is 6.49. The molecule has 1 heterocycles. The van der Waals surface area contributed by atoms with Crippen LogP contribution in [0.15, 0.2) is 53.3 Å². The molecule has 1 aromatic carbocycles. The first-order valence-corrected chi connectivity index (χ1v) is 7.93. The zero-order valence-electron chi connectivity index (χ0n) is 12.1. The molecule has 0 spiro atoms. The molecule has 1 aromatic rings. The van der Waals surface area contributed by atoms with Crippen molar-refractivity contribution in [3.63, 3.8) is 0 Å². The van der Waals surface area contributed by atoms with E-state index in [1.807, 2.05) is 6.92 Å². The molecule has 0 aliphatic carbocycles. The van der Waals surface area contributed by atoms with Gasteiger partial charge in [-0.2, -0.15) is 0 Å². The van der Waals surface area contributed by atoms with Crippen LogP contribution in [-0.2, 0) is 19.6 Å². The number of nitrogens with zero attached hydrogens (tertiary/aromatic N) is 1. The normalized spacial score (nSPS) is 18.3. The number of aryl methyl sites for hydroxylation is 1. The Labute approximate surface area is 124 Å². The van der Waals surface area contributed by atoms with E-state index in [1.165, 1.54) is 17.4 Å². The number of carbonyl (C=O) groups is 1. The maximum absolute atomic E-state index is 12.6. The topological polar surface area (TPSA) is 63.7 Å². The SMILES string of the molecule is CC(=O)OC1=CN(S(=O)(=O)c2ccc(C)cc2)C(C)C=C1. The van der Waals surface area contributed by atoms with Crippen LogP contribution in [0.25, 0.3) is 0 Å². The van der Waals surface area contributed by atoms with E-state index in [9.17, 15) is 13.2 Å². The first-order chi connectivity index (χ1) is 9.80. The molecule has 0 N–H and O–H groups in total. The predicted molar refractivity (Wildman–Crippen MR) is 78.7 cm³/mol. The van der Waals surface area contributed by atoms with Gasteiger partial charge in [0.25, 0.3) is 10.0 Å². The van der Waals surface area contributed by atoms with Crippen molar-refractivity contribution >= 4 is 16.0 Å². The molecular formula is C15H17NO4S. The smallest absolute Gasteiger partial charge is 0.308 e. The van der Waals surface area contributed by atoms with Gasteiger partial charge < -0.3 is 4.74 Å². The molecule has 0 saturated carbocycles. The number of esters is 1. The second-order valence-corrected chi connectivity index (χ2v) is 6.72. The van der Waals surface area contributed by atoms with Gasteiger partial charge >= 0.3 is 5.97 Å². The lowest BCUT2D eigenvalue weighted by Gasteiger charge is -2.28. The van der Waals surface area contributed by atoms with Crippen molar-refractivity contribution in [2.24, 2.45) is 0 Å². The molecule has 6 heteroatoms. The largest absolute Gasteiger partial charge is 0.425 e. The third kappa shape index (κ3) is 3.33. The summed E-state index contributed by atoms with van der Waals surface area (Å²) < 4.78 is 31.4. The highest BCUT2D eigenvalue weighted by Crippen LogP contribution is 2.24. The summed E-state index contributed by atoms with van der Waals surface area (Å²) in [6, 6.07) is 6.27. The van der Waals surface area contributed by atoms with Crippen LogP contribution in [0.5, 0.6) is 0 Å². The minimum absolute atomic E-state index is 0.202. The standard InChI is InChI=1S/C15H17NO4S/c1-11-4-8-15(9-5-11)21(18,19)16-10-14(20-13(3)17)7-6-12(16)2/h4-10,12H,1-3H3. The van der Waals surface area contributed by atoms with Gasteiger partial charge in [0.2, 0.25) is 0 Å². The fourth-order valence-corrected chi connectivity index (χ4v) is 3.43. The van der Waals surface area contributed by atoms with E-state index < -0.39 is 16.0 Å². The average Bonchev–Trinajstić information content (AvgIpc) is 2.41. The van der Waals surface area contributed by atoms with Crippen molar-refractivity contribution in [3.8, 4) is 0 Å². The molecule has 2 rings (SSSR count). The fourth-order valence-electron chi connectivity index (χ4n) is 1.95. The van der Waals surface area contributed by atoms with E-state index in [4.69, 9.17) is 4.74 Å². The highest BCUT2D eigenvalue weighted by atomic mass is 32.2. The monoisotopic (exact) mass is 307 g/mol. The van der Waals surface area contributed by atoms with Crippen LogP contribution in [0.1, 0.15) is 19.4 Å². The van der Waals surface area contributed by atoms with Gasteiger partial charge in [-0.25, -0.2) is 8.42 Å². The number of ether oxygens (including phenoxy) is 1. The molecule has 0 bridgehead atoms. The lowest BCUT2D eigenvalue weighted by Crippen LogP contribution is -2.35. The predicted octanol–water partition coefficient (Wildman–Crippen LogP) is 2.35. The molecular weight excluding hydrogens is 290 g/mol. The van der Waals surface area contributed by atoms with Crippen molar-refractivity contribution in [2.45, 2.75) is 31.7 Å². The van der Waals surface area contributed by atoms with Crippen LogP contribution < -0.4 is 0 Å². The number of rotatable bonds is 3. The summed E-state index contributed by atoms with van der Waals surface area (Å²) in [5, 5.41) is 0. The zero-order valence-corrected chi connectivity index (χ0v) is 12.9. The summed E-state index contributed by atoms with van der Waals surface area (Å²) in [4.78, 5) is 11.2. The van der Waals surface area contributed by atoms with Crippen LogP contribution in [0.2, 0.25) is 0 Å². The Kier molecular flexibility index (Phi) is 4.18. The Balaban J connectivity index is 2.38. The van der Waals surface area contributed by atoms with Crippen molar-refractivity contribution < 1.29 is 17.9 Å². The Morgan fingerprint density at radius 1 is 1.24 bits per heavy atom. The van der Waals surface area contributed by atoms with E-state index in [0.29, 0.717) is 0 Å². The van der Waals surface area contributed by atoms with Crippen LogP contribution in [0.4, 0.5) is 0 Å². The average molecular weight is 307 g/mol. The molecule has 0 fully saturated rings. The van der Waals surface area contributed by atoms with Gasteiger partial charge in [-0.05, 0) is 32.1 Å². The van der Waals surface area contributed by atoms with Crippen molar-refractivity contribution in [1.82, 2.24) is 4.31 Å². The van der Waals surface area contributed by atoms with E-state index in [-0.39, 0.29) is 16.7 Å². The van der Waals surface area contributed by atoms with Gasteiger partial charge in [0.05, 0.1) is 17.1 Å². The number of hydrogen-bond donors (Lipinski definition) is 0. The third-order valence-electron chi connectivity index (χ3n) is 3.05. The number of sulfonamides is 1. The Morgan fingerprint density at radius 3 is 2.43 bits per heavy atom.